The molecule has 0 heterocycles. The van der Waals surface area contributed by atoms with E-state index in [0.717, 1.165) is 18.2 Å². The third kappa shape index (κ3) is 4.25. The number of benzene rings is 1. The Bertz CT molecular complexity index is 411. The predicted molar refractivity (Wildman–Crippen MR) is 55.8 cm³/mol. The van der Waals surface area contributed by atoms with Crippen LogP contribution in [0.2, 0.25) is 0 Å². The highest BCUT2D eigenvalue weighted by molar-refractivity contribution is 5.23. The van der Waals surface area contributed by atoms with Crippen LogP contribution in [0.4, 0.5) is 22.0 Å². The van der Waals surface area contributed by atoms with E-state index in [1.807, 2.05) is 0 Å². The number of hydrogen-bond acceptors (Lipinski definition) is 1. The predicted octanol–water partition coefficient (Wildman–Crippen LogP) is 3.90. The van der Waals surface area contributed by atoms with Crippen LogP contribution in [0.25, 0.3) is 0 Å². The van der Waals surface area contributed by atoms with Gasteiger partial charge >= 0.3 is 6.18 Å². The fourth-order valence-corrected chi connectivity index (χ4v) is 1.61. The van der Waals surface area contributed by atoms with Gasteiger partial charge in [-0.15, -0.1) is 0 Å². The van der Waals surface area contributed by atoms with Crippen LogP contribution >= 0.6 is 0 Å². The average molecular weight is 268 g/mol. The molecule has 1 aromatic rings. The van der Waals surface area contributed by atoms with Gasteiger partial charge in [0.05, 0.1) is 5.60 Å². The minimum atomic E-state index is -4.29. The van der Waals surface area contributed by atoms with Gasteiger partial charge in [-0.3, -0.25) is 0 Å². The Morgan fingerprint density at radius 1 is 1.06 bits per heavy atom. The Labute approximate surface area is 101 Å². The van der Waals surface area contributed by atoms with Crippen molar-refractivity contribution in [2.45, 2.75) is 38.0 Å². The first kappa shape index (κ1) is 14.9. The van der Waals surface area contributed by atoms with Crippen molar-refractivity contribution in [3.8, 4) is 0 Å². The molecule has 0 aliphatic carbocycles. The van der Waals surface area contributed by atoms with Crippen LogP contribution in [0.1, 0.15) is 31.7 Å². The lowest BCUT2D eigenvalue weighted by atomic mass is 9.90. The monoisotopic (exact) mass is 268 g/mol. The van der Waals surface area contributed by atoms with Gasteiger partial charge in [0.25, 0.3) is 0 Å². The fourth-order valence-electron chi connectivity index (χ4n) is 1.61. The number of halogens is 5. The number of alkyl halides is 3. The number of hydrogen-bond donors (Lipinski definition) is 1. The van der Waals surface area contributed by atoms with Crippen LogP contribution in [0.3, 0.4) is 0 Å². The fraction of sp³-hybridized carbons (Fsp3) is 0.500. The van der Waals surface area contributed by atoms with Crippen molar-refractivity contribution in [3.05, 3.63) is 35.4 Å². The second-order valence-electron chi connectivity index (χ2n) is 4.37. The second-order valence-corrected chi connectivity index (χ2v) is 4.37. The lowest BCUT2D eigenvalue weighted by Crippen LogP contribution is -2.22. The normalized spacial score (nSPS) is 15.5. The Kier molecular flexibility index (Phi) is 4.32. The third-order valence-electron chi connectivity index (χ3n) is 2.67. The van der Waals surface area contributed by atoms with Gasteiger partial charge in [-0.2, -0.15) is 13.2 Å². The van der Waals surface area contributed by atoms with Gasteiger partial charge in [-0.05, 0) is 37.5 Å². The molecule has 0 bridgehead atoms. The summed E-state index contributed by atoms with van der Waals surface area (Å²) in [6.45, 7) is 1.27. The Morgan fingerprint density at radius 2 is 1.67 bits per heavy atom. The topological polar surface area (TPSA) is 20.2 Å². The van der Waals surface area contributed by atoms with Gasteiger partial charge in [-0.25, -0.2) is 8.78 Å². The number of rotatable bonds is 4. The summed E-state index contributed by atoms with van der Waals surface area (Å²) in [5, 5.41) is 9.94. The molecule has 0 radical (unpaired) electrons. The van der Waals surface area contributed by atoms with E-state index in [2.05, 4.69) is 0 Å². The zero-order valence-corrected chi connectivity index (χ0v) is 9.69. The van der Waals surface area contributed by atoms with Crippen LogP contribution in [0.5, 0.6) is 0 Å². The van der Waals surface area contributed by atoms with E-state index in [9.17, 15) is 27.1 Å². The molecule has 0 fully saturated rings. The molecule has 6 heteroatoms. The first-order valence-corrected chi connectivity index (χ1v) is 5.36. The molecule has 0 aliphatic rings. The standard InChI is InChI=1S/C12H13F5O/c1-11(18,5-2-6-12(15,16)17)8-3-4-9(13)10(14)7-8/h3-4,7,18H,2,5-6H2,1H3. The van der Waals surface area contributed by atoms with Crippen molar-refractivity contribution >= 4 is 0 Å². The summed E-state index contributed by atoms with van der Waals surface area (Å²) in [6, 6.07) is 2.79. The van der Waals surface area contributed by atoms with Gasteiger partial charge in [0.1, 0.15) is 0 Å². The van der Waals surface area contributed by atoms with E-state index >= 15 is 0 Å². The molecular weight excluding hydrogens is 255 g/mol. The molecule has 18 heavy (non-hydrogen) atoms. The zero-order valence-electron chi connectivity index (χ0n) is 9.69. The van der Waals surface area contributed by atoms with Crippen molar-refractivity contribution in [1.29, 1.82) is 0 Å². The van der Waals surface area contributed by atoms with Gasteiger partial charge in [0, 0.05) is 6.42 Å². The smallest absolute Gasteiger partial charge is 0.385 e. The van der Waals surface area contributed by atoms with E-state index in [1.165, 1.54) is 6.92 Å². The molecule has 1 rings (SSSR count). The molecule has 0 spiro atoms. The van der Waals surface area contributed by atoms with Gasteiger partial charge in [0.15, 0.2) is 11.6 Å². The summed E-state index contributed by atoms with van der Waals surface area (Å²) in [5.74, 6) is -2.20. The van der Waals surface area contributed by atoms with Crippen molar-refractivity contribution in [3.63, 3.8) is 0 Å². The molecule has 102 valence electrons. The molecule has 0 amide bonds. The summed E-state index contributed by atoms with van der Waals surface area (Å²) in [4.78, 5) is 0. The van der Waals surface area contributed by atoms with E-state index < -0.39 is 29.8 Å². The van der Waals surface area contributed by atoms with E-state index in [-0.39, 0.29) is 18.4 Å². The molecule has 1 N–H and O–H groups in total. The molecule has 1 aromatic carbocycles. The summed E-state index contributed by atoms with van der Waals surface area (Å²) >= 11 is 0. The molecule has 0 saturated carbocycles. The summed E-state index contributed by atoms with van der Waals surface area (Å²) < 4.78 is 61.5. The summed E-state index contributed by atoms with van der Waals surface area (Å²) in [7, 11) is 0. The van der Waals surface area contributed by atoms with Crippen molar-refractivity contribution in [1.82, 2.24) is 0 Å². The van der Waals surface area contributed by atoms with Crippen LogP contribution in [-0.2, 0) is 5.60 Å². The molecule has 0 aromatic heterocycles. The molecule has 1 atom stereocenters. The van der Waals surface area contributed by atoms with Crippen LogP contribution in [0.15, 0.2) is 18.2 Å². The minimum absolute atomic E-state index is 0.0589. The lowest BCUT2D eigenvalue weighted by Gasteiger charge is -2.24. The van der Waals surface area contributed by atoms with Crippen LogP contribution in [-0.4, -0.2) is 11.3 Å². The zero-order chi connectivity index (χ0) is 14.0. The first-order valence-electron chi connectivity index (χ1n) is 5.36. The van der Waals surface area contributed by atoms with E-state index in [0.29, 0.717) is 0 Å². The maximum atomic E-state index is 13.0. The Balaban J connectivity index is 2.70. The highest BCUT2D eigenvalue weighted by Crippen LogP contribution is 2.30. The van der Waals surface area contributed by atoms with Gasteiger partial charge in [-0.1, -0.05) is 6.07 Å². The first-order chi connectivity index (χ1) is 8.12. The van der Waals surface area contributed by atoms with Crippen molar-refractivity contribution in [2.75, 3.05) is 0 Å². The number of aliphatic hydroxyl groups is 1. The third-order valence-corrected chi connectivity index (χ3v) is 2.67. The lowest BCUT2D eigenvalue weighted by molar-refractivity contribution is -0.137. The highest BCUT2D eigenvalue weighted by Gasteiger charge is 2.30. The second kappa shape index (κ2) is 5.22. The summed E-state index contributed by atoms with van der Waals surface area (Å²) in [6.07, 6.45) is -5.77. The average Bonchev–Trinajstić information content (AvgIpc) is 2.19. The van der Waals surface area contributed by atoms with Crippen LogP contribution < -0.4 is 0 Å². The van der Waals surface area contributed by atoms with Crippen molar-refractivity contribution < 1.29 is 27.1 Å². The SMILES string of the molecule is CC(O)(CCCC(F)(F)F)c1ccc(F)c(F)c1. The summed E-state index contributed by atoms with van der Waals surface area (Å²) in [5.41, 5.74) is -1.55. The van der Waals surface area contributed by atoms with Crippen LogP contribution in [0, 0.1) is 11.6 Å². The molecule has 0 aliphatic heterocycles. The maximum absolute atomic E-state index is 13.0. The highest BCUT2D eigenvalue weighted by atomic mass is 19.4. The molecule has 0 saturated heterocycles. The molecular formula is C12H13F5O. The van der Waals surface area contributed by atoms with Gasteiger partial charge < -0.3 is 5.11 Å². The van der Waals surface area contributed by atoms with E-state index in [1.54, 1.807) is 0 Å². The Hall–Kier alpha value is -1.17. The Morgan fingerprint density at radius 3 is 2.17 bits per heavy atom. The van der Waals surface area contributed by atoms with Gasteiger partial charge in [0.2, 0.25) is 0 Å². The molecule has 1 nitrogen and oxygen atoms in total. The quantitative estimate of drug-likeness (QED) is 0.821. The minimum Gasteiger partial charge on any atom is -0.385 e. The van der Waals surface area contributed by atoms with Crippen molar-refractivity contribution in [2.24, 2.45) is 0 Å². The largest absolute Gasteiger partial charge is 0.389 e. The molecule has 1 unspecified atom stereocenters. The maximum Gasteiger partial charge on any atom is 0.389 e. The van der Waals surface area contributed by atoms with E-state index in [4.69, 9.17) is 0 Å².